The van der Waals surface area contributed by atoms with Crippen molar-refractivity contribution < 1.29 is 97.7 Å². The van der Waals surface area contributed by atoms with Crippen molar-refractivity contribution in [2.45, 2.75) is 121 Å². The van der Waals surface area contributed by atoms with E-state index in [4.69, 9.17) is 14.9 Å². The zero-order valence-corrected chi connectivity index (χ0v) is 61.9. The Balaban J connectivity index is 0.000000133. The van der Waals surface area contributed by atoms with Crippen molar-refractivity contribution in [3.8, 4) is 94.8 Å². The van der Waals surface area contributed by atoms with Crippen LogP contribution in [0.25, 0.3) is 89.0 Å². The third kappa shape index (κ3) is 14.1. The standard InChI is InChI=1S/C23H21F3N2O3.C22H19F3N2O2.2C20H17F3N2O2/c1-14(29)6-5-9-31-16-10-18(15-12-27-28(2)13-15)21-17-7-3-4-8-19(17)22(30,20(21)11-16)23(24,25)26;1-13-9-17(15-11-26-27(12-15)8-7-14(2)28)20-16-5-3-4-6-18(16)21(29,19(20)10-13)22(23,24)25;2*1-12-8-15(13-10-24-25(11-13)6-7-26)18-14-4-2-3-5-16(14)19(27,17(18)9-12)20(21,22)23/h3-4,7-8,10-13,30H,5-6,9H2,1-2H3;3-6,9-12,29H,7-8H2,1-2H3;2*2-5,8-11,26-27H,6-7H2,1H3. The number of alkyl halides is 12. The Morgan fingerprint density at radius 2 is 0.667 bits per heavy atom. The second-order valence-electron chi connectivity index (χ2n) is 28.5. The highest BCUT2D eigenvalue weighted by atomic mass is 19.4. The zero-order chi connectivity index (χ0) is 82.2. The van der Waals surface area contributed by atoms with Crippen molar-refractivity contribution in [2.75, 3.05) is 19.8 Å². The summed E-state index contributed by atoms with van der Waals surface area (Å²) in [6.07, 6.45) is -5.44. The SMILES string of the molecule is CC(=O)CCCOc1cc(-c2cnn(C)c2)c2c(c1)C(O)(C(F)(F)F)c1ccccc1-2.CC(=O)CCn1cc(-c2cc(C)cc3c2-c2ccccc2C3(O)C(F)(F)F)cn1.Cc1cc(-c2cnn(CCO)c2)c2c(c1)C(O)(C(F)(F)F)c1ccccc1-2.Cc1cc(-c2cnn(CCO)c2)c2c(c1)C(O)(C(F)(F)F)c1ccccc1-2. The van der Waals surface area contributed by atoms with Gasteiger partial charge in [-0.1, -0.05) is 150 Å². The number of nitrogens with zero attached hydrogens (tertiary/aromatic N) is 8. The molecule has 0 radical (unpaired) electrons. The number of ketones is 2. The molecule has 12 aromatic rings. The summed E-state index contributed by atoms with van der Waals surface area (Å²) >= 11 is 0. The molecule has 4 aromatic heterocycles. The summed E-state index contributed by atoms with van der Waals surface area (Å²) in [4.78, 5) is 22.4. The second-order valence-corrected chi connectivity index (χ2v) is 28.5. The maximum absolute atomic E-state index is 14.2. The average Bonchev–Trinajstić information content (AvgIpc) is 1.57. The summed E-state index contributed by atoms with van der Waals surface area (Å²) in [6, 6.07) is 36.6. The maximum Gasteiger partial charge on any atom is 0.425 e. The van der Waals surface area contributed by atoms with Crippen LogP contribution in [0.3, 0.4) is 0 Å². The first-order valence-electron chi connectivity index (χ1n) is 35.9. The van der Waals surface area contributed by atoms with Crippen LogP contribution in [0.1, 0.15) is 94.3 Å². The van der Waals surface area contributed by atoms with Gasteiger partial charge in [0.15, 0.2) is 0 Å². The molecule has 6 N–H and O–H groups in total. The average molecular weight is 1580 g/mol. The largest absolute Gasteiger partial charge is 0.494 e. The predicted octanol–water partition coefficient (Wildman–Crippen LogP) is 16.5. The Morgan fingerprint density at radius 3 is 0.965 bits per heavy atom. The molecule has 29 heteroatoms. The lowest BCUT2D eigenvalue weighted by Gasteiger charge is -2.28. The summed E-state index contributed by atoms with van der Waals surface area (Å²) in [6.45, 7) is 9.01. The fourth-order valence-electron chi connectivity index (χ4n) is 15.6. The smallest absolute Gasteiger partial charge is 0.425 e. The maximum atomic E-state index is 14.2. The van der Waals surface area contributed by atoms with Crippen molar-refractivity contribution in [3.05, 3.63) is 256 Å². The number of Topliss-reactive ketones (excluding diaryl/α,β-unsaturated/α-hetero) is 2. The summed E-state index contributed by atoms with van der Waals surface area (Å²) in [5.74, 6) is 0.231. The van der Waals surface area contributed by atoms with Gasteiger partial charge < -0.3 is 40.2 Å². The number of fused-ring (bicyclic) bond motifs is 12. The van der Waals surface area contributed by atoms with Gasteiger partial charge in [0.05, 0.1) is 57.7 Å². The molecule has 0 saturated carbocycles. The van der Waals surface area contributed by atoms with Gasteiger partial charge in [-0.2, -0.15) is 73.1 Å². The Kier molecular flexibility index (Phi) is 21.4. The minimum absolute atomic E-state index is 0.00972. The lowest BCUT2D eigenvalue weighted by Crippen LogP contribution is -2.41. The highest BCUT2D eigenvalue weighted by Crippen LogP contribution is 2.62. The van der Waals surface area contributed by atoms with Crippen molar-refractivity contribution in [1.29, 1.82) is 0 Å². The molecule has 4 atom stereocenters. The Hall–Kier alpha value is -11.3. The zero-order valence-electron chi connectivity index (χ0n) is 61.9. The number of halogens is 12. The van der Waals surface area contributed by atoms with Crippen LogP contribution in [0.5, 0.6) is 5.75 Å². The van der Waals surface area contributed by atoms with Gasteiger partial charge in [0, 0.05) is 118 Å². The number of aliphatic hydroxyl groups excluding tert-OH is 2. The quantitative estimate of drug-likeness (QED) is 0.0391. The molecule has 0 saturated heterocycles. The van der Waals surface area contributed by atoms with Crippen molar-refractivity contribution >= 4 is 11.6 Å². The van der Waals surface area contributed by atoms with E-state index in [9.17, 15) is 82.7 Å². The van der Waals surface area contributed by atoms with Gasteiger partial charge >= 0.3 is 24.7 Å². The van der Waals surface area contributed by atoms with Crippen LogP contribution in [0.15, 0.2) is 195 Å². The number of aryl methyl sites for hydroxylation is 5. The molecule has 0 bridgehead atoms. The van der Waals surface area contributed by atoms with Crippen LogP contribution in [0.4, 0.5) is 52.7 Å². The lowest BCUT2D eigenvalue weighted by atomic mass is 9.88. The minimum atomic E-state index is -4.94. The third-order valence-corrected chi connectivity index (χ3v) is 20.6. The van der Waals surface area contributed by atoms with Gasteiger partial charge in [-0.25, -0.2) is 0 Å². The second kappa shape index (κ2) is 30.2. The van der Waals surface area contributed by atoms with Gasteiger partial charge in [0.25, 0.3) is 0 Å². The van der Waals surface area contributed by atoms with E-state index < -0.39 is 47.1 Å². The van der Waals surface area contributed by atoms with Crippen molar-refractivity contribution in [1.82, 2.24) is 39.1 Å². The molecular weight excluding hydrogens is 1500 g/mol. The van der Waals surface area contributed by atoms with E-state index >= 15 is 0 Å². The van der Waals surface area contributed by atoms with Crippen LogP contribution in [-0.4, -0.2) is 126 Å². The number of rotatable bonds is 16. The van der Waals surface area contributed by atoms with Gasteiger partial charge in [0.2, 0.25) is 22.4 Å². The van der Waals surface area contributed by atoms with Crippen LogP contribution < -0.4 is 4.74 Å². The van der Waals surface area contributed by atoms with E-state index in [1.165, 1.54) is 96.0 Å². The number of carbonyl (C=O) groups is 2. The Labute approximate surface area is 644 Å². The topological polar surface area (TPSA) is 236 Å². The molecule has 17 nitrogen and oxygen atoms in total. The number of carbonyl (C=O) groups excluding carboxylic acids is 2. The lowest BCUT2D eigenvalue weighted by molar-refractivity contribution is -0.247. The monoisotopic (exact) mass is 1580 g/mol. The molecule has 0 fully saturated rings. The molecule has 0 amide bonds. The normalized spacial score (nSPS) is 18.0. The van der Waals surface area contributed by atoms with Crippen LogP contribution in [0, 0.1) is 20.8 Å². The van der Waals surface area contributed by atoms with Crippen molar-refractivity contribution in [2.24, 2.45) is 7.05 Å². The highest BCUT2D eigenvalue weighted by molar-refractivity contribution is 5.97. The summed E-state index contributed by atoms with van der Waals surface area (Å²) < 4.78 is 181. The first kappa shape index (κ1) is 80.7. The van der Waals surface area contributed by atoms with Crippen LogP contribution in [0.2, 0.25) is 0 Å². The van der Waals surface area contributed by atoms with Crippen LogP contribution in [-0.2, 0) is 58.7 Å². The summed E-state index contributed by atoms with van der Waals surface area (Å²) in [7, 11) is 1.71. The molecule has 4 unspecified atom stereocenters. The first-order valence-corrected chi connectivity index (χ1v) is 35.9. The minimum Gasteiger partial charge on any atom is -0.494 e. The summed E-state index contributed by atoms with van der Waals surface area (Å²) in [5, 5.41) is 78.4. The fraction of sp³-hybridized carbons (Fsp3) is 0.271. The van der Waals surface area contributed by atoms with E-state index in [-0.39, 0.29) is 94.7 Å². The third-order valence-electron chi connectivity index (χ3n) is 20.6. The molecule has 592 valence electrons. The number of hydrogen-bond acceptors (Lipinski definition) is 13. The highest BCUT2D eigenvalue weighted by Gasteiger charge is 2.65. The molecular formula is C85H74F12N8O9. The van der Waals surface area contributed by atoms with E-state index in [0.717, 1.165) is 0 Å². The van der Waals surface area contributed by atoms with E-state index in [2.05, 4.69) is 20.4 Å². The number of hydrogen-bond donors (Lipinski definition) is 6. The van der Waals surface area contributed by atoms with E-state index in [1.54, 1.807) is 160 Å². The fourth-order valence-corrected chi connectivity index (χ4v) is 15.6. The van der Waals surface area contributed by atoms with Crippen LogP contribution >= 0.6 is 0 Å². The van der Waals surface area contributed by atoms with Gasteiger partial charge in [0.1, 0.15) is 17.3 Å². The molecule has 16 rings (SSSR count). The number of aromatic nitrogens is 8. The molecule has 0 aliphatic heterocycles. The predicted molar refractivity (Wildman–Crippen MR) is 399 cm³/mol. The number of aliphatic hydroxyl groups is 6. The van der Waals surface area contributed by atoms with Gasteiger partial charge in [-0.15, -0.1) is 0 Å². The Morgan fingerprint density at radius 1 is 0.377 bits per heavy atom. The molecule has 4 aliphatic rings. The van der Waals surface area contributed by atoms with E-state index in [0.29, 0.717) is 132 Å². The van der Waals surface area contributed by atoms with E-state index in [1.807, 2.05) is 0 Å². The van der Waals surface area contributed by atoms with Gasteiger partial charge in [-0.3, -0.25) is 23.5 Å². The van der Waals surface area contributed by atoms with Gasteiger partial charge in [-0.05, 0) is 120 Å². The molecule has 114 heavy (non-hydrogen) atoms. The Bertz CT molecular complexity index is 5540. The molecule has 4 aliphatic carbocycles. The first-order chi connectivity index (χ1) is 53.8. The number of ether oxygens (including phenoxy) is 1. The molecule has 4 heterocycles. The van der Waals surface area contributed by atoms with Crippen molar-refractivity contribution in [3.63, 3.8) is 0 Å². The molecule has 8 aromatic carbocycles. The molecule has 0 spiro atoms. The summed E-state index contributed by atoms with van der Waals surface area (Å²) in [5.41, 5.74) is -4.53. The number of benzene rings is 8.